The summed E-state index contributed by atoms with van der Waals surface area (Å²) in [5.74, 6) is -4.35. The molecule has 0 aliphatic carbocycles. The van der Waals surface area contributed by atoms with Crippen molar-refractivity contribution in [2.75, 3.05) is 0 Å². The van der Waals surface area contributed by atoms with E-state index in [9.17, 15) is 14.4 Å². The Labute approximate surface area is 85.5 Å². The second kappa shape index (κ2) is 4.01. The molecule has 6 nitrogen and oxygen atoms in total. The summed E-state index contributed by atoms with van der Waals surface area (Å²) in [4.78, 5) is 32.1. The molecule has 1 aromatic rings. The van der Waals surface area contributed by atoms with Crippen LogP contribution in [0.5, 0.6) is 0 Å². The monoisotopic (exact) mass is 226 g/mol. The zero-order chi connectivity index (χ0) is 11.6. The largest absolute Gasteiger partial charge is 0.478 e. The number of carbonyl (C=O) groups is 3. The highest BCUT2D eigenvalue weighted by Gasteiger charge is 2.22. The van der Waals surface area contributed by atoms with Gasteiger partial charge in [0, 0.05) is 9.12 Å². The third-order valence-electron chi connectivity index (χ3n) is 1.74. The maximum absolute atomic E-state index is 10.8. The van der Waals surface area contributed by atoms with Crippen molar-refractivity contribution in [3.8, 4) is 0 Å². The third kappa shape index (κ3) is 2.07. The fraction of sp³-hybridized carbons (Fsp3) is 0. The number of carboxylic acids is 3. The quantitative estimate of drug-likeness (QED) is 0.618. The average Bonchev–Trinajstić information content (AvgIpc) is 2.16. The van der Waals surface area contributed by atoms with Crippen LogP contribution >= 0.6 is 0 Å². The van der Waals surface area contributed by atoms with Crippen LogP contribution in [-0.4, -0.2) is 42.3 Å². The van der Waals surface area contributed by atoms with Gasteiger partial charge in [-0.15, -0.1) is 0 Å². The van der Waals surface area contributed by atoms with Crippen LogP contribution < -0.4 is 0 Å². The summed E-state index contributed by atoms with van der Waals surface area (Å²) in [5.41, 5.74) is 0.283. The van der Waals surface area contributed by atoms with Gasteiger partial charge in [-0.05, 0) is 0 Å². The Morgan fingerprint density at radius 2 is 1.60 bits per heavy atom. The molecule has 0 saturated heterocycles. The van der Waals surface area contributed by atoms with Gasteiger partial charge >= 0.3 is 17.9 Å². The van der Waals surface area contributed by atoms with Gasteiger partial charge in [0.05, 0.1) is 16.3 Å². The van der Waals surface area contributed by atoms with Crippen LogP contribution in [-0.2, 0) is 0 Å². The molecule has 78 valence electrons. The first-order valence-corrected chi connectivity index (χ1v) is 5.02. The molecule has 0 aromatic carbocycles. The molecule has 0 aliphatic rings. The molecule has 0 atom stereocenters. The van der Waals surface area contributed by atoms with Gasteiger partial charge in [0.15, 0.2) is 0 Å². The minimum atomic E-state index is -1.53. The molecule has 0 fully saturated rings. The highest BCUT2D eigenvalue weighted by molar-refractivity contribution is 6.42. The van der Waals surface area contributed by atoms with Gasteiger partial charge in [-0.3, -0.25) is 0 Å². The van der Waals surface area contributed by atoms with E-state index in [0.29, 0.717) is 0 Å². The normalized spacial score (nSPS) is 9.60. The van der Waals surface area contributed by atoms with E-state index < -0.39 is 38.2 Å². The minimum absolute atomic E-state index is 0.331. The fourth-order valence-corrected chi connectivity index (χ4v) is 2.21. The molecule has 0 spiro atoms. The van der Waals surface area contributed by atoms with E-state index in [1.165, 1.54) is 5.68 Å². The Hall–Kier alpha value is -2.02. The van der Waals surface area contributed by atoms with Crippen LogP contribution in [0.15, 0.2) is 11.7 Å². The van der Waals surface area contributed by atoms with Crippen LogP contribution in [0.4, 0.5) is 0 Å². The molecular formula is C8H6O6Si. The average molecular weight is 226 g/mol. The number of hydrogen-bond donors (Lipinski definition) is 3. The Morgan fingerprint density at radius 3 is 2.00 bits per heavy atom. The van der Waals surface area contributed by atoms with Crippen molar-refractivity contribution in [2.45, 2.75) is 0 Å². The van der Waals surface area contributed by atoms with Crippen LogP contribution in [0.3, 0.4) is 0 Å². The van der Waals surface area contributed by atoms with Gasteiger partial charge in [-0.25, -0.2) is 14.4 Å². The van der Waals surface area contributed by atoms with Gasteiger partial charge in [0.1, 0.15) is 0 Å². The molecule has 1 aromatic heterocycles. The molecule has 7 heteroatoms. The molecular weight excluding hydrogens is 220 g/mol. The molecule has 0 amide bonds. The summed E-state index contributed by atoms with van der Waals surface area (Å²) in [7, 11) is -0.843. The predicted octanol–water partition coefficient (Wildman–Crippen LogP) is -0.148. The van der Waals surface area contributed by atoms with Gasteiger partial charge < -0.3 is 15.3 Å². The molecule has 0 aliphatic heterocycles. The summed E-state index contributed by atoms with van der Waals surface area (Å²) < 4.78 is 0. The second-order valence-corrected chi connectivity index (χ2v) is 3.94. The zero-order valence-corrected chi connectivity index (χ0v) is 8.45. The van der Waals surface area contributed by atoms with E-state index in [2.05, 4.69) is 0 Å². The Kier molecular flexibility index (Phi) is 2.95. The Balaban J connectivity index is 3.56. The molecule has 1 heterocycles. The van der Waals surface area contributed by atoms with Gasteiger partial charge in [-0.2, -0.15) is 0 Å². The van der Waals surface area contributed by atoms with Crippen LogP contribution in [0.1, 0.15) is 30.7 Å². The molecule has 15 heavy (non-hydrogen) atoms. The lowest BCUT2D eigenvalue weighted by molar-refractivity contribution is 0.0635. The van der Waals surface area contributed by atoms with Crippen LogP contribution in [0.2, 0.25) is 0 Å². The van der Waals surface area contributed by atoms with E-state index in [4.69, 9.17) is 15.3 Å². The topological polar surface area (TPSA) is 112 Å². The SMILES string of the molecule is O=C(O)c1cc[siH]c(C(=O)O)c1C(=O)O. The molecule has 1 rings (SSSR count). The molecule has 3 N–H and O–H groups in total. The molecule has 0 bridgehead atoms. The van der Waals surface area contributed by atoms with E-state index in [1.54, 1.807) is 0 Å². The summed E-state index contributed by atoms with van der Waals surface area (Å²) in [6.45, 7) is 0. The Bertz CT molecular complexity index is 420. The molecule has 0 radical (unpaired) electrons. The molecule has 0 unspecified atom stereocenters. The summed E-state index contributed by atoms with van der Waals surface area (Å²) in [5, 5.41) is 25.8. The van der Waals surface area contributed by atoms with E-state index in [-0.39, 0.29) is 5.17 Å². The van der Waals surface area contributed by atoms with Crippen molar-refractivity contribution in [2.24, 2.45) is 0 Å². The third-order valence-corrected chi connectivity index (χ3v) is 2.99. The van der Waals surface area contributed by atoms with Crippen molar-refractivity contribution in [1.29, 1.82) is 0 Å². The van der Waals surface area contributed by atoms with E-state index in [0.717, 1.165) is 6.07 Å². The van der Waals surface area contributed by atoms with Gasteiger partial charge in [-0.1, -0.05) is 11.7 Å². The summed E-state index contributed by atoms with van der Waals surface area (Å²) >= 11 is 0. The highest BCUT2D eigenvalue weighted by Crippen LogP contribution is 2.12. The van der Waals surface area contributed by atoms with Crippen molar-refractivity contribution in [1.82, 2.24) is 0 Å². The maximum Gasteiger partial charge on any atom is 0.337 e. The smallest absolute Gasteiger partial charge is 0.337 e. The standard InChI is InChI=1S/C8H6O6Si/c9-6(10)3-1-2-15-5(8(13)14)4(3)7(11)12/h1-2,15H,(H,9,10)(H,11,12)(H,13,14). The predicted molar refractivity (Wildman–Crippen MR) is 50.1 cm³/mol. The van der Waals surface area contributed by atoms with Crippen molar-refractivity contribution in [3.05, 3.63) is 28.0 Å². The summed E-state index contributed by atoms with van der Waals surface area (Å²) in [6, 6.07) is 1.13. The second-order valence-electron chi connectivity index (χ2n) is 2.64. The van der Waals surface area contributed by atoms with Gasteiger partial charge in [0.2, 0.25) is 0 Å². The first kappa shape index (κ1) is 11.1. The van der Waals surface area contributed by atoms with Gasteiger partial charge in [0.25, 0.3) is 0 Å². The van der Waals surface area contributed by atoms with Crippen LogP contribution in [0, 0.1) is 0 Å². The first-order valence-electron chi connectivity index (χ1n) is 3.78. The van der Waals surface area contributed by atoms with Crippen molar-refractivity contribution in [3.63, 3.8) is 0 Å². The van der Waals surface area contributed by atoms with E-state index >= 15 is 0 Å². The molecule has 0 saturated carbocycles. The summed E-state index contributed by atoms with van der Waals surface area (Å²) in [6.07, 6.45) is 0. The lowest BCUT2D eigenvalue weighted by atomic mass is 10.1. The number of aromatic carboxylic acids is 3. The number of carboxylic acid groups (broad SMARTS) is 3. The van der Waals surface area contributed by atoms with E-state index in [1.807, 2.05) is 0 Å². The van der Waals surface area contributed by atoms with Crippen molar-refractivity contribution < 1.29 is 29.7 Å². The highest BCUT2D eigenvalue weighted by atomic mass is 28.2. The first-order chi connectivity index (χ1) is 6.95. The Morgan fingerprint density at radius 1 is 1.00 bits per heavy atom. The van der Waals surface area contributed by atoms with Crippen LogP contribution in [0.25, 0.3) is 0 Å². The fourth-order valence-electron chi connectivity index (χ4n) is 1.14. The van der Waals surface area contributed by atoms with Crippen molar-refractivity contribution >= 4 is 27.0 Å². The number of hydrogen-bond acceptors (Lipinski definition) is 3. The maximum atomic E-state index is 10.8. The minimum Gasteiger partial charge on any atom is -0.478 e. The zero-order valence-electron chi connectivity index (χ0n) is 7.30. The lowest BCUT2D eigenvalue weighted by Crippen LogP contribution is -2.16. The number of rotatable bonds is 3. The lowest BCUT2D eigenvalue weighted by Gasteiger charge is -2.04.